The van der Waals surface area contributed by atoms with E-state index in [1.165, 1.54) is 21.3 Å². The van der Waals surface area contributed by atoms with Crippen LogP contribution < -0.4 is 18.9 Å². The number of rotatable bonds is 7. The molecule has 2 rings (SSSR count). The zero-order valence-electron chi connectivity index (χ0n) is 17.7. The molecule has 1 aromatic heterocycles. The van der Waals surface area contributed by atoms with E-state index in [9.17, 15) is 8.42 Å². The molecular weight excluding hydrogens is 382 g/mol. The topological polar surface area (TPSA) is 91.7 Å². The summed E-state index contributed by atoms with van der Waals surface area (Å²) in [5.74, 6) is 1.10. The summed E-state index contributed by atoms with van der Waals surface area (Å²) in [7, 11) is 0.536. The Morgan fingerprint density at radius 3 is 1.96 bits per heavy atom. The van der Waals surface area contributed by atoms with Gasteiger partial charge in [-0.2, -0.15) is 5.10 Å². The number of sulfonamides is 1. The molecular formula is C19H29N3O5S. The largest absolute Gasteiger partial charge is 0.493 e. The summed E-state index contributed by atoms with van der Waals surface area (Å²) in [6.45, 7) is 9.68. The van der Waals surface area contributed by atoms with Crippen molar-refractivity contribution in [3.8, 4) is 17.2 Å². The molecule has 156 valence electrons. The Kier molecular flexibility index (Phi) is 6.18. The van der Waals surface area contributed by atoms with Crippen molar-refractivity contribution >= 4 is 15.7 Å². The van der Waals surface area contributed by atoms with Crippen LogP contribution in [0.1, 0.15) is 46.4 Å². The lowest BCUT2D eigenvalue weighted by Gasteiger charge is -2.18. The summed E-state index contributed by atoms with van der Waals surface area (Å²) in [6.07, 6.45) is 1.56. The minimum Gasteiger partial charge on any atom is -0.493 e. The smallest absolute Gasteiger partial charge is 0.265 e. The van der Waals surface area contributed by atoms with Crippen LogP contribution in [0.2, 0.25) is 0 Å². The van der Waals surface area contributed by atoms with E-state index in [0.717, 1.165) is 0 Å². The number of methoxy groups -OCH3 is 3. The molecule has 0 unspecified atom stereocenters. The van der Waals surface area contributed by atoms with Gasteiger partial charge in [-0.05, 0) is 13.8 Å². The molecule has 0 amide bonds. The molecule has 0 aliphatic heterocycles. The number of hydrogen-bond donors (Lipinski definition) is 1. The number of nitrogens with one attached hydrogen (secondary N) is 1. The van der Waals surface area contributed by atoms with Crippen LogP contribution in [0.15, 0.2) is 23.2 Å². The Balaban J connectivity index is 2.56. The third-order valence-electron chi connectivity index (χ3n) is 4.14. The standard InChI is InChI=1S/C19H29N3O5S/c1-12(2)22-11-16(18(20-22)19(3,4)5)28(23,24)21-13-9-14(25-6)17(27-8)15(10-13)26-7/h9-12,21H,1-8H3. The fourth-order valence-corrected chi connectivity index (χ4v) is 4.09. The molecule has 28 heavy (non-hydrogen) atoms. The van der Waals surface area contributed by atoms with Crippen molar-refractivity contribution in [1.82, 2.24) is 9.78 Å². The lowest BCUT2D eigenvalue weighted by atomic mass is 9.92. The Morgan fingerprint density at radius 1 is 1.04 bits per heavy atom. The Labute approximate surface area is 166 Å². The number of aromatic nitrogens is 2. The molecule has 1 heterocycles. The van der Waals surface area contributed by atoms with Gasteiger partial charge in [0.2, 0.25) is 5.75 Å². The highest BCUT2D eigenvalue weighted by Gasteiger charge is 2.31. The van der Waals surface area contributed by atoms with Crippen LogP contribution in [-0.2, 0) is 15.4 Å². The molecule has 0 bridgehead atoms. The molecule has 1 aromatic carbocycles. The van der Waals surface area contributed by atoms with E-state index in [0.29, 0.717) is 28.6 Å². The van der Waals surface area contributed by atoms with Crippen LogP contribution in [0.25, 0.3) is 0 Å². The summed E-state index contributed by atoms with van der Waals surface area (Å²) >= 11 is 0. The second kappa shape index (κ2) is 7.90. The lowest BCUT2D eigenvalue weighted by Crippen LogP contribution is -2.20. The first kappa shape index (κ1) is 21.9. The summed E-state index contributed by atoms with van der Waals surface area (Å²) in [6, 6.07) is 3.12. The van der Waals surface area contributed by atoms with E-state index in [-0.39, 0.29) is 10.9 Å². The molecule has 0 atom stereocenters. The second-order valence-corrected chi connectivity index (χ2v) is 9.34. The second-order valence-electron chi connectivity index (χ2n) is 7.69. The Bertz CT molecular complexity index is 918. The molecule has 8 nitrogen and oxygen atoms in total. The molecule has 0 radical (unpaired) electrons. The number of ether oxygens (including phenoxy) is 3. The van der Waals surface area contributed by atoms with Gasteiger partial charge in [0.05, 0.1) is 32.7 Å². The first-order valence-electron chi connectivity index (χ1n) is 8.87. The van der Waals surface area contributed by atoms with Crippen LogP contribution in [-0.4, -0.2) is 39.5 Å². The van der Waals surface area contributed by atoms with Gasteiger partial charge in [0.15, 0.2) is 11.5 Å². The van der Waals surface area contributed by atoms with E-state index in [4.69, 9.17) is 14.2 Å². The monoisotopic (exact) mass is 411 g/mol. The predicted octanol–water partition coefficient (Wildman–Crippen LogP) is 3.59. The van der Waals surface area contributed by atoms with Crippen LogP contribution in [0.4, 0.5) is 5.69 Å². The van der Waals surface area contributed by atoms with E-state index >= 15 is 0 Å². The number of benzene rings is 1. The maximum Gasteiger partial charge on any atom is 0.265 e. The quantitative estimate of drug-likeness (QED) is 0.749. The van der Waals surface area contributed by atoms with Crippen molar-refractivity contribution in [3.05, 3.63) is 24.0 Å². The maximum atomic E-state index is 13.2. The zero-order chi connectivity index (χ0) is 21.3. The zero-order valence-corrected chi connectivity index (χ0v) is 18.5. The first-order valence-corrected chi connectivity index (χ1v) is 10.3. The fourth-order valence-electron chi connectivity index (χ4n) is 2.71. The number of hydrogen-bond acceptors (Lipinski definition) is 6. The summed E-state index contributed by atoms with van der Waals surface area (Å²) in [4.78, 5) is 0.141. The maximum absolute atomic E-state index is 13.2. The average Bonchev–Trinajstić information content (AvgIpc) is 3.07. The van der Waals surface area contributed by atoms with Gasteiger partial charge in [-0.15, -0.1) is 0 Å². The number of anilines is 1. The van der Waals surface area contributed by atoms with Gasteiger partial charge in [-0.3, -0.25) is 9.40 Å². The van der Waals surface area contributed by atoms with E-state index < -0.39 is 15.4 Å². The molecule has 1 N–H and O–H groups in total. The van der Waals surface area contributed by atoms with Crippen molar-refractivity contribution in [2.75, 3.05) is 26.1 Å². The highest BCUT2D eigenvalue weighted by molar-refractivity contribution is 7.92. The van der Waals surface area contributed by atoms with E-state index in [2.05, 4.69) is 9.82 Å². The van der Waals surface area contributed by atoms with Gasteiger partial charge < -0.3 is 14.2 Å². The van der Waals surface area contributed by atoms with Crippen molar-refractivity contribution in [1.29, 1.82) is 0 Å². The third kappa shape index (κ3) is 4.35. The van der Waals surface area contributed by atoms with Gasteiger partial charge in [-0.25, -0.2) is 8.42 Å². The molecule has 0 spiro atoms. The summed E-state index contributed by atoms with van der Waals surface area (Å²) in [5, 5.41) is 4.51. The minimum atomic E-state index is -3.89. The SMILES string of the molecule is COc1cc(NS(=O)(=O)c2cn(C(C)C)nc2C(C)(C)C)cc(OC)c1OC. The average molecular weight is 412 g/mol. The Morgan fingerprint density at radius 2 is 1.57 bits per heavy atom. The van der Waals surface area contributed by atoms with Crippen molar-refractivity contribution in [2.45, 2.75) is 51.0 Å². The van der Waals surface area contributed by atoms with Gasteiger partial charge >= 0.3 is 0 Å². The molecule has 0 saturated carbocycles. The highest BCUT2D eigenvalue weighted by atomic mass is 32.2. The minimum absolute atomic E-state index is 0.0335. The summed E-state index contributed by atoms with van der Waals surface area (Å²) in [5.41, 5.74) is 0.354. The van der Waals surface area contributed by atoms with Gasteiger partial charge in [0.1, 0.15) is 4.90 Å². The van der Waals surface area contributed by atoms with Crippen LogP contribution in [0.5, 0.6) is 17.2 Å². The molecule has 0 saturated heterocycles. The molecule has 2 aromatic rings. The first-order chi connectivity index (χ1) is 12.9. The number of nitrogens with zero attached hydrogens (tertiary/aromatic N) is 2. The normalized spacial score (nSPS) is 12.2. The van der Waals surface area contributed by atoms with Crippen molar-refractivity contribution in [3.63, 3.8) is 0 Å². The fraction of sp³-hybridized carbons (Fsp3) is 0.526. The van der Waals surface area contributed by atoms with Crippen LogP contribution >= 0.6 is 0 Å². The van der Waals surface area contributed by atoms with Gasteiger partial charge in [0.25, 0.3) is 10.0 Å². The predicted molar refractivity (Wildman–Crippen MR) is 108 cm³/mol. The molecule has 0 aliphatic carbocycles. The van der Waals surface area contributed by atoms with Crippen molar-refractivity contribution in [2.24, 2.45) is 0 Å². The molecule has 0 fully saturated rings. The Hall–Kier alpha value is -2.42. The van der Waals surface area contributed by atoms with Gasteiger partial charge in [-0.1, -0.05) is 20.8 Å². The molecule has 0 aliphatic rings. The third-order valence-corrected chi connectivity index (χ3v) is 5.53. The van der Waals surface area contributed by atoms with E-state index in [1.54, 1.807) is 23.0 Å². The highest BCUT2D eigenvalue weighted by Crippen LogP contribution is 2.40. The van der Waals surface area contributed by atoms with Crippen LogP contribution in [0, 0.1) is 0 Å². The summed E-state index contributed by atoms with van der Waals surface area (Å²) < 4.78 is 46.5. The lowest BCUT2D eigenvalue weighted by molar-refractivity contribution is 0.324. The molecule has 9 heteroatoms. The van der Waals surface area contributed by atoms with Crippen molar-refractivity contribution < 1.29 is 22.6 Å². The van der Waals surface area contributed by atoms with Gasteiger partial charge in [0, 0.05) is 29.8 Å². The van der Waals surface area contributed by atoms with E-state index in [1.807, 2.05) is 34.6 Å². The van der Waals surface area contributed by atoms with Crippen LogP contribution in [0.3, 0.4) is 0 Å².